The van der Waals surface area contributed by atoms with Gasteiger partial charge >= 0.3 is 12.1 Å². The molecule has 0 N–H and O–H groups in total. The van der Waals surface area contributed by atoms with Crippen molar-refractivity contribution < 1.29 is 19.1 Å². The Hall–Kier alpha value is -2.83. The number of carbonyl (C=O) groups is 2. The highest BCUT2D eigenvalue weighted by atomic mass is 16.6. The first kappa shape index (κ1) is 16.0. The van der Waals surface area contributed by atoms with Gasteiger partial charge in [0.1, 0.15) is 5.82 Å². The zero-order chi connectivity index (χ0) is 17.1. The Balaban J connectivity index is 1.98. The van der Waals surface area contributed by atoms with E-state index in [2.05, 4.69) is 4.98 Å². The average molecular weight is 329 g/mol. The van der Waals surface area contributed by atoms with E-state index in [9.17, 15) is 9.59 Å². The minimum absolute atomic E-state index is 0.227. The summed E-state index contributed by atoms with van der Waals surface area (Å²) in [6.45, 7) is 4.57. The highest BCUT2D eigenvalue weighted by Gasteiger charge is 2.29. The first-order valence-corrected chi connectivity index (χ1v) is 7.94. The fraction of sp³-hybridized carbons (Fsp3) is 0.353. The number of aromatic nitrogens is 2. The lowest BCUT2D eigenvalue weighted by atomic mass is 10.2. The Kier molecular flexibility index (Phi) is 4.50. The van der Waals surface area contributed by atoms with Gasteiger partial charge in [0.2, 0.25) is 0 Å². The van der Waals surface area contributed by atoms with Crippen LogP contribution in [0, 0.1) is 0 Å². The molecule has 0 radical (unpaired) electrons. The Bertz CT molecular complexity index is 769. The third-order valence-electron chi connectivity index (χ3n) is 3.65. The largest absolute Gasteiger partial charge is 0.461 e. The van der Waals surface area contributed by atoms with Crippen LogP contribution in [0.2, 0.25) is 0 Å². The van der Waals surface area contributed by atoms with E-state index in [0.29, 0.717) is 12.4 Å². The number of fused-ring (bicyclic) bond motifs is 3. The highest BCUT2D eigenvalue weighted by Crippen LogP contribution is 2.32. The minimum atomic E-state index is -0.475. The van der Waals surface area contributed by atoms with Crippen molar-refractivity contribution in [2.75, 3.05) is 18.1 Å². The van der Waals surface area contributed by atoms with Crippen LogP contribution in [0.3, 0.4) is 0 Å². The molecular weight excluding hydrogens is 310 g/mol. The molecule has 1 aromatic carbocycles. The lowest BCUT2D eigenvalue weighted by Crippen LogP contribution is -2.35. The van der Waals surface area contributed by atoms with Gasteiger partial charge in [0.15, 0.2) is 5.69 Å². The van der Waals surface area contributed by atoms with Crippen molar-refractivity contribution in [1.29, 1.82) is 0 Å². The predicted molar refractivity (Wildman–Crippen MR) is 87.3 cm³/mol. The molecule has 126 valence electrons. The van der Waals surface area contributed by atoms with Gasteiger partial charge in [-0.15, -0.1) is 0 Å². The molecular formula is C17H19N3O4. The van der Waals surface area contributed by atoms with Crippen LogP contribution in [0.1, 0.15) is 36.6 Å². The van der Waals surface area contributed by atoms with Crippen LogP contribution in [-0.2, 0) is 16.0 Å². The second-order valence-electron chi connectivity index (χ2n) is 5.32. The van der Waals surface area contributed by atoms with Gasteiger partial charge in [-0.25, -0.2) is 14.6 Å². The Morgan fingerprint density at radius 3 is 2.62 bits per heavy atom. The third-order valence-corrected chi connectivity index (χ3v) is 3.65. The van der Waals surface area contributed by atoms with E-state index >= 15 is 0 Å². The normalized spacial score (nSPS) is 12.3. The summed E-state index contributed by atoms with van der Waals surface area (Å²) in [5.41, 5.74) is 1.72. The topological polar surface area (TPSA) is 73.7 Å². The maximum atomic E-state index is 12.3. The van der Waals surface area contributed by atoms with E-state index in [0.717, 1.165) is 17.8 Å². The van der Waals surface area contributed by atoms with Gasteiger partial charge in [-0.1, -0.05) is 19.1 Å². The Morgan fingerprint density at radius 1 is 1.17 bits per heavy atom. The zero-order valence-electron chi connectivity index (χ0n) is 13.7. The molecule has 7 heteroatoms. The van der Waals surface area contributed by atoms with Crippen LogP contribution >= 0.6 is 0 Å². The number of para-hydroxylation sites is 2. The van der Waals surface area contributed by atoms with Crippen LogP contribution in [0.5, 0.6) is 0 Å². The van der Waals surface area contributed by atoms with Gasteiger partial charge < -0.3 is 9.47 Å². The fourth-order valence-corrected chi connectivity index (χ4v) is 2.59. The summed E-state index contributed by atoms with van der Waals surface area (Å²) in [6, 6.07) is 7.44. The quantitative estimate of drug-likeness (QED) is 0.806. The van der Waals surface area contributed by atoms with E-state index in [1.807, 2.05) is 35.8 Å². The van der Waals surface area contributed by atoms with E-state index in [-0.39, 0.29) is 18.8 Å². The van der Waals surface area contributed by atoms with Gasteiger partial charge in [0.05, 0.1) is 31.1 Å². The Labute approximate surface area is 139 Å². The van der Waals surface area contributed by atoms with E-state index < -0.39 is 12.1 Å². The molecule has 0 saturated carbocycles. The van der Waals surface area contributed by atoms with Crippen LogP contribution in [0.15, 0.2) is 30.5 Å². The monoisotopic (exact) mass is 329 g/mol. The smallest absolute Gasteiger partial charge is 0.414 e. The van der Waals surface area contributed by atoms with E-state index in [4.69, 9.17) is 9.47 Å². The molecule has 0 spiro atoms. The van der Waals surface area contributed by atoms with E-state index in [1.54, 1.807) is 13.1 Å². The van der Waals surface area contributed by atoms with Gasteiger partial charge in [-0.3, -0.25) is 9.47 Å². The van der Waals surface area contributed by atoms with Crippen molar-refractivity contribution in [1.82, 2.24) is 9.55 Å². The molecule has 1 aliphatic heterocycles. The molecule has 1 amide bonds. The number of carbonyl (C=O) groups excluding carboxylic acids is 2. The van der Waals surface area contributed by atoms with Crippen molar-refractivity contribution in [2.24, 2.45) is 0 Å². The van der Waals surface area contributed by atoms with Crippen molar-refractivity contribution in [2.45, 2.75) is 26.8 Å². The molecule has 0 bridgehead atoms. The van der Waals surface area contributed by atoms with Gasteiger partial charge in [-0.05, 0) is 25.5 Å². The van der Waals surface area contributed by atoms with Crippen LogP contribution in [0.4, 0.5) is 10.5 Å². The first-order valence-electron chi connectivity index (χ1n) is 7.94. The maximum Gasteiger partial charge on any atom is 0.414 e. The maximum absolute atomic E-state index is 12.3. The van der Waals surface area contributed by atoms with Crippen molar-refractivity contribution in [3.8, 4) is 5.69 Å². The summed E-state index contributed by atoms with van der Waals surface area (Å²) < 4.78 is 12.1. The molecule has 0 saturated heterocycles. The third kappa shape index (κ3) is 2.84. The fourth-order valence-electron chi connectivity index (χ4n) is 2.59. The summed E-state index contributed by atoms with van der Waals surface area (Å²) in [5, 5.41) is 0. The van der Waals surface area contributed by atoms with Crippen LogP contribution in [0.25, 0.3) is 5.69 Å². The van der Waals surface area contributed by atoms with Crippen LogP contribution in [-0.4, -0.2) is 34.8 Å². The summed E-state index contributed by atoms with van der Waals surface area (Å²) >= 11 is 0. The SMILES string of the molecule is CCCOC(=O)N1Cc2nc(C(=O)OCC)cn2-c2ccccc21. The summed E-state index contributed by atoms with van der Waals surface area (Å²) in [4.78, 5) is 30.1. The number of amides is 1. The van der Waals surface area contributed by atoms with Crippen molar-refractivity contribution in [3.05, 3.63) is 42.0 Å². The minimum Gasteiger partial charge on any atom is -0.461 e. The number of esters is 1. The number of benzene rings is 1. The lowest BCUT2D eigenvalue weighted by Gasteiger charge is -2.29. The molecule has 2 aromatic rings. The summed E-state index contributed by atoms with van der Waals surface area (Å²) in [7, 11) is 0. The molecule has 0 aliphatic carbocycles. The zero-order valence-corrected chi connectivity index (χ0v) is 13.7. The second-order valence-corrected chi connectivity index (χ2v) is 5.32. The first-order chi connectivity index (χ1) is 11.7. The number of imidazole rings is 1. The van der Waals surface area contributed by atoms with Crippen molar-refractivity contribution >= 4 is 17.7 Å². The molecule has 3 rings (SSSR count). The number of rotatable bonds is 4. The van der Waals surface area contributed by atoms with Crippen molar-refractivity contribution in [3.63, 3.8) is 0 Å². The number of hydrogen-bond donors (Lipinski definition) is 0. The number of nitrogens with zero attached hydrogens (tertiary/aromatic N) is 3. The molecule has 1 aromatic heterocycles. The number of ether oxygens (including phenoxy) is 2. The molecule has 0 fully saturated rings. The predicted octanol–water partition coefficient (Wildman–Crippen LogP) is 2.92. The second kappa shape index (κ2) is 6.74. The van der Waals surface area contributed by atoms with E-state index in [1.165, 1.54) is 4.90 Å². The van der Waals surface area contributed by atoms with Gasteiger partial charge in [0, 0.05) is 6.20 Å². The molecule has 7 nitrogen and oxygen atoms in total. The molecule has 1 aliphatic rings. The molecule has 0 unspecified atom stereocenters. The average Bonchev–Trinajstić information content (AvgIpc) is 3.03. The molecule has 24 heavy (non-hydrogen) atoms. The van der Waals surface area contributed by atoms with Gasteiger partial charge in [0.25, 0.3) is 0 Å². The highest BCUT2D eigenvalue weighted by molar-refractivity contribution is 5.92. The molecule has 0 atom stereocenters. The summed E-state index contributed by atoms with van der Waals surface area (Å²) in [5.74, 6) is 0.113. The number of hydrogen-bond acceptors (Lipinski definition) is 5. The molecule has 2 heterocycles. The summed E-state index contributed by atoms with van der Waals surface area (Å²) in [6.07, 6.45) is 1.97. The number of anilines is 1. The van der Waals surface area contributed by atoms with Gasteiger partial charge in [-0.2, -0.15) is 0 Å². The van der Waals surface area contributed by atoms with Crippen LogP contribution < -0.4 is 4.90 Å². The Morgan fingerprint density at radius 2 is 1.92 bits per heavy atom. The standard InChI is InChI=1S/C17H19N3O4/c1-3-9-24-17(22)20-11-15-18-12(16(21)23-4-2)10-19(15)13-7-5-6-8-14(13)20/h5-8,10H,3-4,9,11H2,1-2H3. The lowest BCUT2D eigenvalue weighted by molar-refractivity contribution is 0.0520.